The zero-order chi connectivity index (χ0) is 84.7. The van der Waals surface area contributed by atoms with E-state index in [9.17, 15) is 21.9 Å². The molecule has 654 valence electrons. The first-order valence-corrected chi connectivity index (χ1v) is 49.0. The van der Waals surface area contributed by atoms with Crippen molar-refractivity contribution < 1.29 is 40.9 Å². The second-order valence-electron chi connectivity index (χ2n) is 33.4. The van der Waals surface area contributed by atoms with Crippen LogP contribution in [0.5, 0.6) is 0 Å². The average Bonchev–Trinajstić information content (AvgIpc) is 1.61. The summed E-state index contributed by atoms with van der Waals surface area (Å²) < 4.78 is 81.3. The molecule has 2 aromatic carbocycles. The number of benzene rings is 2. The van der Waals surface area contributed by atoms with E-state index in [2.05, 4.69) is 114 Å². The Hall–Kier alpha value is -9.73. The van der Waals surface area contributed by atoms with Crippen molar-refractivity contribution in [2.45, 2.75) is 200 Å². The van der Waals surface area contributed by atoms with Crippen LogP contribution >= 0.6 is 11.6 Å². The van der Waals surface area contributed by atoms with E-state index in [4.69, 9.17) is 85.4 Å². The molecule has 4 fully saturated rings. The standard InChI is InChI=1S/C25H29ClN6O2S.C24H28N6O2S.C21H28N6O3S.C16H20N6O2S/c1-16-12-17(2-3-20(16)26)13-19-14-27-22-15-31(7-8-32(19)22)25-29-21-6-11-35(33)23(21)24(30-25)28-18-4-9-34-10-5-18;1-16-2-4-17(5-3-16)20-14-25-21-15-29(9-10-30(20)21)24-27-19-8-13-33(31)22(19)23(28-24)26-18-6-11-32-12-7-18;1-3-30-14(2)17-12-26-7-8-27(13-18(26)23-17)21-24-16-6-11-31(28)19(16)20(25-21)22-15-4-9-29-10-5-15;23-10-16(2-3-16)20-14-13-11(1-8-25(13)24)18-15(19-14)22-7-6-21-5-4-17-12(21)9-22/h2-3,12,14,18H,4-11,13,15H2,1H3,(H,28,29,30);2-5,14,18H,6-13,15H2,1H3,(H,26,27,28);12,15H,2-11,13H2,1H3,(H,22,24,25);4-5,23H,1-3,6-10H2,(H,18,19,20). The average molecular weight is 1780 g/mol. The van der Waals surface area contributed by atoms with Crippen LogP contribution in [-0.4, -0.2) is 226 Å². The number of aliphatic hydroxyl groups is 1. The molecular weight excluding hydrogens is 1680 g/mol. The Bertz CT molecular complexity index is 5750. The zero-order valence-corrected chi connectivity index (χ0v) is 74.2. The van der Waals surface area contributed by atoms with E-state index in [0.717, 1.165) is 274 Å². The maximum absolute atomic E-state index is 12.7. The van der Waals surface area contributed by atoms with Crippen LogP contribution in [-0.2, 0) is 147 Å². The predicted octanol–water partition coefficient (Wildman–Crippen LogP) is 8.67. The fourth-order valence-electron chi connectivity index (χ4n) is 17.7. The topological polar surface area (TPSA) is 361 Å². The Labute approximate surface area is 735 Å². The first-order valence-electron chi connectivity index (χ1n) is 43.4. The van der Waals surface area contributed by atoms with Gasteiger partial charge in [-0.15, -0.1) is 0 Å². The lowest BCUT2D eigenvalue weighted by molar-refractivity contribution is 0.0902. The maximum Gasteiger partial charge on any atom is 0.228 e. The molecule has 0 amide bonds. The lowest BCUT2D eigenvalue weighted by atomic mass is 10.1. The highest BCUT2D eigenvalue weighted by molar-refractivity contribution is 7.86. The number of aryl methyl sites for hydroxylation is 6. The number of halogens is 1. The third kappa shape index (κ3) is 18.1. The number of ether oxygens (including phenoxy) is 4. The quantitative estimate of drug-likeness (QED) is 0.0472. The molecule has 5 N–H and O–H groups in total. The van der Waals surface area contributed by atoms with Crippen molar-refractivity contribution in [1.82, 2.24) is 78.1 Å². The lowest BCUT2D eigenvalue weighted by Gasteiger charge is -2.30. The number of imidazole rings is 4. The number of aliphatic hydroxyl groups excluding tert-OH is 1. The summed E-state index contributed by atoms with van der Waals surface area (Å²) in [7, 11) is -4.19. The Kier molecular flexibility index (Phi) is 24.8. The Morgan fingerprint density at radius 3 is 1.48 bits per heavy atom. The van der Waals surface area contributed by atoms with E-state index in [0.29, 0.717) is 104 Å². The van der Waals surface area contributed by atoms with Crippen LogP contribution in [0.2, 0.25) is 5.02 Å². The van der Waals surface area contributed by atoms with Gasteiger partial charge < -0.3 is 83.2 Å². The van der Waals surface area contributed by atoms with E-state index >= 15 is 0 Å². The third-order valence-electron chi connectivity index (χ3n) is 25.0. The Morgan fingerprint density at radius 2 is 0.984 bits per heavy atom. The van der Waals surface area contributed by atoms with Crippen molar-refractivity contribution in [3.8, 4) is 11.3 Å². The van der Waals surface area contributed by atoms with Crippen molar-refractivity contribution in [1.29, 1.82) is 0 Å². The summed E-state index contributed by atoms with van der Waals surface area (Å²) in [6, 6.07) is 15.6. The van der Waals surface area contributed by atoms with E-state index < -0.39 is 43.2 Å². The highest BCUT2D eigenvalue weighted by atomic mass is 35.5. The Morgan fingerprint density at radius 1 is 0.532 bits per heavy atom. The molecule has 11 aliphatic heterocycles. The summed E-state index contributed by atoms with van der Waals surface area (Å²) in [6.45, 7) is 24.2. The van der Waals surface area contributed by atoms with Crippen molar-refractivity contribution >= 4 is 108 Å². The van der Waals surface area contributed by atoms with Crippen LogP contribution in [0.4, 0.5) is 47.1 Å². The molecule has 0 radical (unpaired) electrons. The van der Waals surface area contributed by atoms with Gasteiger partial charge in [-0.3, -0.25) is 16.8 Å². The molecule has 38 heteroatoms. The highest BCUT2D eigenvalue weighted by Crippen LogP contribution is 2.43. The summed E-state index contributed by atoms with van der Waals surface area (Å²) in [5.74, 6) is 12.6. The van der Waals surface area contributed by atoms with E-state index in [1.165, 1.54) is 22.4 Å². The largest absolute Gasteiger partial charge is 0.492 e. The second-order valence-corrected chi connectivity index (χ2v) is 39.9. The van der Waals surface area contributed by atoms with Crippen LogP contribution in [0, 0.1) is 13.8 Å². The first kappa shape index (κ1) is 83.8. The number of nitrogens with zero attached hydrogens (tertiary/aromatic N) is 20. The molecule has 3 saturated heterocycles. The summed E-state index contributed by atoms with van der Waals surface area (Å²) in [5, 5.41) is 24.5. The van der Waals surface area contributed by atoms with Crippen molar-refractivity contribution in [3.63, 3.8) is 0 Å². The number of hydrogen-bond donors (Lipinski definition) is 5. The molecule has 33 nitrogen and oxygen atoms in total. The molecule has 4 unspecified atom stereocenters. The van der Waals surface area contributed by atoms with Gasteiger partial charge in [0.05, 0.1) is 123 Å². The molecule has 19 heterocycles. The number of aromatic nitrogens is 16. The molecule has 1 saturated carbocycles. The predicted molar refractivity (Wildman–Crippen MR) is 476 cm³/mol. The summed E-state index contributed by atoms with van der Waals surface area (Å²) in [4.78, 5) is 68.8. The molecule has 124 heavy (non-hydrogen) atoms. The van der Waals surface area contributed by atoms with E-state index in [1.54, 1.807) is 0 Å². The summed E-state index contributed by atoms with van der Waals surface area (Å²) >= 11 is 6.20. The van der Waals surface area contributed by atoms with Gasteiger partial charge in [-0.2, -0.15) is 19.9 Å². The van der Waals surface area contributed by atoms with Crippen LogP contribution < -0.4 is 40.9 Å². The molecule has 22 rings (SSSR count). The van der Waals surface area contributed by atoms with Crippen LogP contribution in [0.25, 0.3) is 17.0 Å². The normalized spacial score (nSPS) is 21.0. The van der Waals surface area contributed by atoms with Crippen molar-refractivity contribution in [2.75, 3.05) is 143 Å². The smallest absolute Gasteiger partial charge is 0.228 e. The molecule has 10 aromatic rings. The van der Waals surface area contributed by atoms with Crippen LogP contribution in [0.1, 0.15) is 132 Å². The molecule has 0 bridgehead atoms. The van der Waals surface area contributed by atoms with Gasteiger partial charge in [0.1, 0.15) is 77.6 Å². The SMILES string of the molecule is C=C(OCC)c1cn2c(n1)CN(c1nc3c(c(NC4CCOCC4)n1)S(=O)CC3)CC2.Cc1cc(Cc2cnc3n2CCN(c2nc4c(c(NC5CCOCC5)n2)S(=O)CC4)C3)ccc1Cl.Cc1ccc(-c2cnc3n2CCN(c2nc4c(c(NC5CCOCC5)n2)S(=O)CC4)C3)cc1.O=S1CCc2nc(N3CCn4ccnc4C3)nc(NC3(CO)CC3)c21. The number of anilines is 8. The first-order chi connectivity index (χ1) is 60.5. The summed E-state index contributed by atoms with van der Waals surface area (Å²) in [5.41, 5.74) is 11.2. The van der Waals surface area contributed by atoms with Gasteiger partial charge in [-0.1, -0.05) is 60.1 Å². The van der Waals surface area contributed by atoms with Gasteiger partial charge >= 0.3 is 0 Å². The zero-order valence-electron chi connectivity index (χ0n) is 70.2. The monoisotopic (exact) mass is 1780 g/mol. The van der Waals surface area contributed by atoms with Crippen molar-refractivity contribution in [3.05, 3.63) is 159 Å². The molecule has 1 aliphatic carbocycles. The summed E-state index contributed by atoms with van der Waals surface area (Å²) in [6.07, 6.45) is 20.9. The maximum atomic E-state index is 12.7. The minimum absolute atomic E-state index is 0.0644. The number of hydrogen-bond acceptors (Lipinski definition) is 29. The Balaban J connectivity index is 0.000000109. The number of rotatable bonds is 19. The third-order valence-corrected chi connectivity index (χ3v) is 31.2. The van der Waals surface area contributed by atoms with E-state index in [1.807, 2.05) is 50.9 Å². The lowest BCUT2D eigenvalue weighted by Crippen LogP contribution is -2.36. The molecule has 12 aliphatic rings. The fraction of sp³-hybridized carbons (Fsp3) is 0.512. The fourth-order valence-corrected chi connectivity index (χ4v) is 23.1. The van der Waals surface area contributed by atoms with Gasteiger partial charge in [0.25, 0.3) is 0 Å². The minimum atomic E-state index is -1.07. The van der Waals surface area contributed by atoms with Gasteiger partial charge in [-0.25, -0.2) is 39.9 Å². The van der Waals surface area contributed by atoms with Gasteiger partial charge in [-0.05, 0) is 94.9 Å². The van der Waals surface area contributed by atoms with Crippen LogP contribution in [0.15, 0.2) is 99.6 Å². The second kappa shape index (κ2) is 36.7. The number of fused-ring (bicyclic) bond motifs is 8. The highest BCUT2D eigenvalue weighted by Gasteiger charge is 2.45. The molecule has 4 atom stereocenters. The molecule has 8 aromatic heterocycles. The van der Waals surface area contributed by atoms with Gasteiger partial charge in [0.15, 0.2) is 0 Å². The number of nitrogens with one attached hydrogen (secondary N) is 4. The molecule has 0 spiro atoms. The van der Waals surface area contributed by atoms with E-state index in [-0.39, 0.29) is 24.2 Å². The van der Waals surface area contributed by atoms with Gasteiger partial charge in [0, 0.05) is 201 Å². The molecular formula is C86H105ClN24O9S4. The minimum Gasteiger partial charge on any atom is -0.492 e. The van der Waals surface area contributed by atoms with Crippen LogP contribution in [0.3, 0.4) is 0 Å². The van der Waals surface area contributed by atoms with Gasteiger partial charge in [0.2, 0.25) is 23.8 Å². The van der Waals surface area contributed by atoms with Crippen molar-refractivity contribution in [2.24, 2.45) is 0 Å².